The molecule has 0 amide bonds. The normalized spacial score (nSPS) is 19.9. The summed E-state index contributed by atoms with van der Waals surface area (Å²) in [4.78, 5) is 2.44. The number of rotatable bonds is 4. The second-order valence-corrected chi connectivity index (χ2v) is 5.26. The highest BCUT2D eigenvalue weighted by Gasteiger charge is 2.19. The van der Waals surface area contributed by atoms with Crippen LogP contribution in [0.4, 0.5) is 0 Å². The largest absolute Gasteiger partial charge is 0.326 e. The smallest absolute Gasteiger partial charge is 0.0662 e. The highest BCUT2D eigenvalue weighted by molar-refractivity contribution is 5.27. The molecule has 0 spiro atoms. The predicted molar refractivity (Wildman–Crippen MR) is 75.6 cm³/mol. The molecule has 1 aliphatic rings. The lowest BCUT2D eigenvalue weighted by molar-refractivity contribution is 0.325. The minimum atomic E-state index is 0.346. The molecule has 19 heavy (non-hydrogen) atoms. The summed E-state index contributed by atoms with van der Waals surface area (Å²) >= 11 is 0. The van der Waals surface area contributed by atoms with Crippen LogP contribution in [0.3, 0.4) is 0 Å². The molecule has 0 bridgehead atoms. The number of hydrogen-bond donors (Lipinski definition) is 1. The topological polar surface area (TPSA) is 47.1 Å². The van der Waals surface area contributed by atoms with E-state index < -0.39 is 0 Å². The lowest BCUT2D eigenvalue weighted by Crippen LogP contribution is -2.26. The Morgan fingerprint density at radius 3 is 2.58 bits per heavy atom. The van der Waals surface area contributed by atoms with Crippen LogP contribution in [0.5, 0.6) is 0 Å². The van der Waals surface area contributed by atoms with Gasteiger partial charge in [-0.25, -0.2) is 0 Å². The monoisotopic (exact) mass is 256 g/mol. The van der Waals surface area contributed by atoms with Gasteiger partial charge in [-0.2, -0.15) is 5.10 Å². The molecule has 1 aromatic carbocycles. The fraction of sp³-hybridized carbons (Fsp3) is 0.400. The number of hydrogen-bond acceptors (Lipinski definition) is 3. The lowest BCUT2D eigenvalue weighted by atomic mass is 10.1. The molecule has 1 aromatic heterocycles. The van der Waals surface area contributed by atoms with Crippen LogP contribution in [0.2, 0.25) is 0 Å². The maximum atomic E-state index is 5.97. The molecular formula is C15H20N4. The first-order valence-corrected chi connectivity index (χ1v) is 6.83. The van der Waals surface area contributed by atoms with Crippen LogP contribution >= 0.6 is 0 Å². The van der Waals surface area contributed by atoms with Crippen LogP contribution in [-0.4, -0.2) is 33.8 Å². The van der Waals surface area contributed by atoms with Crippen molar-refractivity contribution in [1.82, 2.24) is 14.7 Å². The Balaban J connectivity index is 1.73. The molecule has 0 saturated carbocycles. The van der Waals surface area contributed by atoms with Crippen LogP contribution in [0, 0.1) is 0 Å². The van der Waals surface area contributed by atoms with E-state index in [-0.39, 0.29) is 0 Å². The van der Waals surface area contributed by atoms with Crippen molar-refractivity contribution < 1.29 is 0 Å². The molecule has 1 atom stereocenters. The van der Waals surface area contributed by atoms with Gasteiger partial charge in [0.2, 0.25) is 0 Å². The third kappa shape index (κ3) is 3.03. The maximum absolute atomic E-state index is 5.97. The van der Waals surface area contributed by atoms with Crippen molar-refractivity contribution in [2.75, 3.05) is 13.1 Å². The van der Waals surface area contributed by atoms with Gasteiger partial charge in [-0.05, 0) is 23.6 Å². The number of aromatic nitrogens is 2. The SMILES string of the molecule is NC1CCN(Cc2ccccc2Cn2cccn2)C1. The van der Waals surface area contributed by atoms with Crippen molar-refractivity contribution >= 4 is 0 Å². The molecule has 4 heteroatoms. The highest BCUT2D eigenvalue weighted by Crippen LogP contribution is 2.16. The van der Waals surface area contributed by atoms with E-state index in [2.05, 4.69) is 34.3 Å². The molecule has 0 radical (unpaired) electrons. The van der Waals surface area contributed by atoms with E-state index in [4.69, 9.17) is 5.73 Å². The maximum Gasteiger partial charge on any atom is 0.0662 e. The van der Waals surface area contributed by atoms with Crippen LogP contribution < -0.4 is 5.73 Å². The van der Waals surface area contributed by atoms with Crippen molar-refractivity contribution in [3.8, 4) is 0 Å². The number of nitrogens with two attached hydrogens (primary N) is 1. The first-order chi connectivity index (χ1) is 9.31. The Morgan fingerprint density at radius 2 is 1.95 bits per heavy atom. The Kier molecular flexibility index (Phi) is 3.62. The third-order valence-corrected chi connectivity index (χ3v) is 3.71. The summed E-state index contributed by atoms with van der Waals surface area (Å²) in [5.41, 5.74) is 8.69. The third-order valence-electron chi connectivity index (χ3n) is 3.71. The standard InChI is InChI=1S/C15H20N4/c16-15-6-9-18(12-15)10-13-4-1-2-5-14(13)11-19-8-3-7-17-19/h1-5,7-8,15H,6,9-12,16H2. The summed E-state index contributed by atoms with van der Waals surface area (Å²) < 4.78 is 1.97. The van der Waals surface area contributed by atoms with Gasteiger partial charge in [0, 0.05) is 38.1 Å². The fourth-order valence-electron chi connectivity index (χ4n) is 2.68. The molecule has 2 heterocycles. The summed E-state index contributed by atoms with van der Waals surface area (Å²) in [6, 6.07) is 10.9. The lowest BCUT2D eigenvalue weighted by Gasteiger charge is -2.18. The molecule has 2 aromatic rings. The number of benzene rings is 1. The van der Waals surface area contributed by atoms with Crippen molar-refractivity contribution in [2.24, 2.45) is 5.73 Å². The Bertz CT molecular complexity index is 521. The summed E-state index contributed by atoms with van der Waals surface area (Å²) in [6.45, 7) is 3.95. The minimum absolute atomic E-state index is 0.346. The van der Waals surface area contributed by atoms with Gasteiger partial charge in [-0.1, -0.05) is 24.3 Å². The first-order valence-electron chi connectivity index (χ1n) is 6.83. The Hall–Kier alpha value is -1.65. The molecule has 4 nitrogen and oxygen atoms in total. The van der Waals surface area contributed by atoms with E-state index in [0.717, 1.165) is 32.6 Å². The quantitative estimate of drug-likeness (QED) is 0.901. The Labute approximate surface area is 113 Å². The van der Waals surface area contributed by atoms with Crippen molar-refractivity contribution in [1.29, 1.82) is 0 Å². The molecule has 3 rings (SSSR count). The van der Waals surface area contributed by atoms with E-state index in [9.17, 15) is 0 Å². The zero-order valence-corrected chi connectivity index (χ0v) is 11.1. The first kappa shape index (κ1) is 12.4. The zero-order valence-electron chi connectivity index (χ0n) is 11.1. The van der Waals surface area contributed by atoms with Crippen molar-refractivity contribution in [3.63, 3.8) is 0 Å². The Morgan fingerprint density at radius 1 is 1.16 bits per heavy atom. The van der Waals surface area contributed by atoms with E-state index in [0.29, 0.717) is 6.04 Å². The van der Waals surface area contributed by atoms with E-state index in [1.54, 1.807) is 0 Å². The second-order valence-electron chi connectivity index (χ2n) is 5.26. The minimum Gasteiger partial charge on any atom is -0.326 e. The molecule has 0 aliphatic carbocycles. The van der Waals surface area contributed by atoms with Gasteiger partial charge in [0.25, 0.3) is 0 Å². The summed E-state index contributed by atoms with van der Waals surface area (Å²) in [5.74, 6) is 0. The van der Waals surface area contributed by atoms with Crippen molar-refractivity contribution in [2.45, 2.75) is 25.6 Å². The van der Waals surface area contributed by atoms with Gasteiger partial charge in [0.1, 0.15) is 0 Å². The molecular weight excluding hydrogens is 236 g/mol. The molecule has 1 fully saturated rings. The van der Waals surface area contributed by atoms with Crippen LogP contribution in [0.1, 0.15) is 17.5 Å². The van der Waals surface area contributed by atoms with Gasteiger partial charge in [-0.15, -0.1) is 0 Å². The summed E-state index contributed by atoms with van der Waals surface area (Å²) in [6.07, 6.45) is 4.94. The second kappa shape index (κ2) is 5.55. The average molecular weight is 256 g/mol. The molecule has 1 aliphatic heterocycles. The summed E-state index contributed by atoms with van der Waals surface area (Å²) in [5, 5.41) is 4.28. The molecule has 100 valence electrons. The van der Waals surface area contributed by atoms with E-state index >= 15 is 0 Å². The average Bonchev–Trinajstić information content (AvgIpc) is 3.04. The molecule has 1 saturated heterocycles. The van der Waals surface area contributed by atoms with E-state index in [1.807, 2.05) is 23.1 Å². The van der Waals surface area contributed by atoms with E-state index in [1.165, 1.54) is 11.1 Å². The fourth-order valence-corrected chi connectivity index (χ4v) is 2.68. The summed E-state index contributed by atoms with van der Waals surface area (Å²) in [7, 11) is 0. The predicted octanol–water partition coefficient (Wildman–Crippen LogP) is 1.46. The molecule has 1 unspecified atom stereocenters. The number of nitrogens with zero attached hydrogens (tertiary/aromatic N) is 3. The zero-order chi connectivity index (χ0) is 13.1. The van der Waals surface area contributed by atoms with Crippen molar-refractivity contribution in [3.05, 3.63) is 53.9 Å². The van der Waals surface area contributed by atoms with Gasteiger partial charge >= 0.3 is 0 Å². The van der Waals surface area contributed by atoms with Gasteiger partial charge < -0.3 is 5.73 Å². The molecule has 2 N–H and O–H groups in total. The van der Waals surface area contributed by atoms with Crippen LogP contribution in [0.25, 0.3) is 0 Å². The highest BCUT2D eigenvalue weighted by atomic mass is 15.3. The van der Waals surface area contributed by atoms with Crippen LogP contribution in [0.15, 0.2) is 42.7 Å². The van der Waals surface area contributed by atoms with Gasteiger partial charge in [0.05, 0.1) is 6.54 Å². The van der Waals surface area contributed by atoms with Crippen LogP contribution in [-0.2, 0) is 13.1 Å². The van der Waals surface area contributed by atoms with Gasteiger partial charge in [0.15, 0.2) is 0 Å². The number of likely N-dealkylation sites (tertiary alicyclic amines) is 1. The van der Waals surface area contributed by atoms with Gasteiger partial charge in [-0.3, -0.25) is 9.58 Å².